The van der Waals surface area contributed by atoms with Gasteiger partial charge in [-0.15, -0.1) is 0 Å². The zero-order chi connectivity index (χ0) is 13.2. The van der Waals surface area contributed by atoms with Gasteiger partial charge in [-0.25, -0.2) is 4.98 Å². The monoisotopic (exact) mass is 314 g/mol. The van der Waals surface area contributed by atoms with Crippen molar-refractivity contribution in [1.82, 2.24) is 9.55 Å². The zero-order valence-corrected chi connectivity index (χ0v) is 10.8. The molecule has 0 saturated heterocycles. The third kappa shape index (κ3) is 2.64. The quantitative estimate of drug-likeness (QED) is 0.873. The Kier molecular flexibility index (Phi) is 3.56. The van der Waals surface area contributed by atoms with Crippen LogP contribution >= 0.6 is 15.9 Å². The van der Waals surface area contributed by atoms with Crippen molar-refractivity contribution in [1.29, 1.82) is 0 Å². The normalized spacial score (nSPS) is 11.5. The summed E-state index contributed by atoms with van der Waals surface area (Å²) in [5.41, 5.74) is -0.655. The van der Waals surface area contributed by atoms with Crippen LogP contribution in [0.5, 0.6) is 0 Å². The number of alkyl halides is 2. The van der Waals surface area contributed by atoms with Crippen LogP contribution in [-0.2, 0) is 12.5 Å². The van der Waals surface area contributed by atoms with Crippen LogP contribution in [0.15, 0.2) is 52.1 Å². The van der Waals surface area contributed by atoms with Gasteiger partial charge >= 0.3 is 0 Å². The molecular formula is C12H9BrF2N2O. The van der Waals surface area contributed by atoms with Gasteiger partial charge in [-0.2, -0.15) is 8.78 Å². The molecule has 0 atom stereocenters. The van der Waals surface area contributed by atoms with Crippen molar-refractivity contribution in [3.8, 4) is 0 Å². The molecule has 1 aromatic heterocycles. The number of rotatable bonds is 3. The van der Waals surface area contributed by atoms with E-state index >= 15 is 0 Å². The highest BCUT2D eigenvalue weighted by molar-refractivity contribution is 9.10. The molecule has 6 heteroatoms. The van der Waals surface area contributed by atoms with E-state index in [2.05, 4.69) is 20.9 Å². The minimum atomic E-state index is -3.12. The van der Waals surface area contributed by atoms with E-state index in [1.807, 2.05) is 0 Å². The zero-order valence-electron chi connectivity index (χ0n) is 9.19. The number of nitrogens with zero attached hydrogens (tertiary/aromatic N) is 2. The highest BCUT2D eigenvalue weighted by Gasteiger charge is 2.32. The molecule has 0 aliphatic rings. The third-order valence-electron chi connectivity index (χ3n) is 2.42. The Bertz CT molecular complexity index is 599. The summed E-state index contributed by atoms with van der Waals surface area (Å²) < 4.78 is 28.9. The lowest BCUT2D eigenvalue weighted by molar-refractivity contribution is -0.0234. The van der Waals surface area contributed by atoms with Crippen molar-refractivity contribution in [2.45, 2.75) is 12.5 Å². The molecule has 0 N–H and O–H groups in total. The summed E-state index contributed by atoms with van der Waals surface area (Å²) in [4.78, 5) is 15.3. The predicted octanol–water partition coefficient (Wildman–Crippen LogP) is 2.80. The average Bonchev–Trinajstić information content (AvgIpc) is 2.36. The first-order chi connectivity index (χ1) is 8.50. The smallest absolute Gasteiger partial charge is 0.290 e. The topological polar surface area (TPSA) is 34.9 Å². The summed E-state index contributed by atoms with van der Waals surface area (Å²) in [6.07, 6.45) is 2.38. The summed E-state index contributed by atoms with van der Waals surface area (Å²) in [6, 6.07) is 7.38. The van der Waals surface area contributed by atoms with E-state index in [1.54, 1.807) is 6.07 Å². The SMILES string of the molecule is O=c1c(Br)cncn1CC(F)(F)c1ccccc1. The maximum atomic E-state index is 14.0. The Morgan fingerprint density at radius 2 is 1.94 bits per heavy atom. The van der Waals surface area contributed by atoms with Crippen LogP contribution in [0.25, 0.3) is 0 Å². The fourth-order valence-corrected chi connectivity index (χ4v) is 1.87. The fourth-order valence-electron chi connectivity index (χ4n) is 1.52. The largest absolute Gasteiger partial charge is 0.292 e. The number of hydrogen-bond acceptors (Lipinski definition) is 2. The maximum Gasteiger partial charge on any atom is 0.290 e. The lowest BCUT2D eigenvalue weighted by atomic mass is 10.1. The van der Waals surface area contributed by atoms with E-state index < -0.39 is 18.0 Å². The van der Waals surface area contributed by atoms with Gasteiger partial charge in [0.2, 0.25) is 0 Å². The van der Waals surface area contributed by atoms with Gasteiger partial charge in [0.15, 0.2) is 0 Å². The van der Waals surface area contributed by atoms with Gasteiger partial charge < -0.3 is 0 Å². The number of halogens is 3. The van der Waals surface area contributed by atoms with Crippen LogP contribution in [0.2, 0.25) is 0 Å². The predicted molar refractivity (Wildman–Crippen MR) is 66.5 cm³/mol. The third-order valence-corrected chi connectivity index (χ3v) is 2.97. The molecule has 0 radical (unpaired) electrons. The van der Waals surface area contributed by atoms with Gasteiger partial charge in [0, 0.05) is 11.8 Å². The van der Waals surface area contributed by atoms with Crippen molar-refractivity contribution in [3.05, 3.63) is 63.2 Å². The Hall–Kier alpha value is -1.56. The molecule has 0 amide bonds. The first-order valence-corrected chi connectivity index (χ1v) is 5.93. The second-order valence-corrected chi connectivity index (χ2v) is 4.60. The summed E-state index contributed by atoms with van der Waals surface area (Å²) >= 11 is 2.97. The molecule has 0 unspecified atom stereocenters. The van der Waals surface area contributed by atoms with E-state index in [4.69, 9.17) is 0 Å². The van der Waals surface area contributed by atoms with Crippen LogP contribution in [0.3, 0.4) is 0 Å². The van der Waals surface area contributed by atoms with Crippen molar-refractivity contribution in [3.63, 3.8) is 0 Å². The lowest BCUT2D eigenvalue weighted by Crippen LogP contribution is -2.29. The van der Waals surface area contributed by atoms with Gasteiger partial charge in [0.25, 0.3) is 11.5 Å². The highest BCUT2D eigenvalue weighted by atomic mass is 79.9. The molecule has 2 aromatic rings. The highest BCUT2D eigenvalue weighted by Crippen LogP contribution is 2.29. The molecular weight excluding hydrogens is 306 g/mol. The van der Waals surface area contributed by atoms with Crippen LogP contribution in [0.1, 0.15) is 5.56 Å². The molecule has 2 rings (SSSR count). The summed E-state index contributed by atoms with van der Waals surface area (Å²) in [5.74, 6) is -3.12. The Balaban J connectivity index is 2.34. The van der Waals surface area contributed by atoms with Gasteiger partial charge in [-0.1, -0.05) is 30.3 Å². The minimum Gasteiger partial charge on any atom is -0.292 e. The minimum absolute atomic E-state index is 0.128. The van der Waals surface area contributed by atoms with Gasteiger partial charge in [0.1, 0.15) is 4.47 Å². The standard InChI is InChI=1S/C12H9BrF2N2O/c13-10-6-16-8-17(11(10)18)7-12(14,15)9-4-2-1-3-5-9/h1-6,8H,7H2. The van der Waals surface area contributed by atoms with Gasteiger partial charge in [-0.05, 0) is 15.9 Å². The average molecular weight is 315 g/mol. The molecule has 0 saturated carbocycles. The van der Waals surface area contributed by atoms with Crippen LogP contribution in [-0.4, -0.2) is 9.55 Å². The first-order valence-electron chi connectivity index (χ1n) is 5.14. The summed E-state index contributed by atoms with van der Waals surface area (Å²) in [6.45, 7) is -0.734. The van der Waals surface area contributed by atoms with E-state index in [9.17, 15) is 13.6 Å². The van der Waals surface area contributed by atoms with Crippen molar-refractivity contribution in [2.75, 3.05) is 0 Å². The molecule has 94 valence electrons. The van der Waals surface area contributed by atoms with E-state index in [-0.39, 0.29) is 10.0 Å². The molecule has 0 bridgehead atoms. The summed E-state index contributed by atoms with van der Waals surface area (Å²) in [5, 5.41) is 0. The van der Waals surface area contributed by atoms with Crippen molar-refractivity contribution in [2.24, 2.45) is 0 Å². The Morgan fingerprint density at radius 1 is 1.28 bits per heavy atom. The Morgan fingerprint density at radius 3 is 2.61 bits per heavy atom. The van der Waals surface area contributed by atoms with Crippen LogP contribution in [0, 0.1) is 0 Å². The molecule has 1 aromatic carbocycles. The fraction of sp³-hybridized carbons (Fsp3) is 0.167. The van der Waals surface area contributed by atoms with Gasteiger partial charge in [0.05, 0.1) is 12.9 Å². The van der Waals surface area contributed by atoms with E-state index in [0.717, 1.165) is 10.9 Å². The number of hydrogen-bond donors (Lipinski definition) is 0. The first kappa shape index (κ1) is 12.9. The van der Waals surface area contributed by atoms with Crippen LogP contribution in [0.4, 0.5) is 8.78 Å². The second-order valence-electron chi connectivity index (χ2n) is 3.75. The molecule has 1 heterocycles. The van der Waals surface area contributed by atoms with Crippen LogP contribution < -0.4 is 5.56 Å². The molecule has 3 nitrogen and oxygen atoms in total. The Labute approximate surface area is 110 Å². The van der Waals surface area contributed by atoms with Gasteiger partial charge in [-0.3, -0.25) is 9.36 Å². The van der Waals surface area contributed by atoms with E-state index in [0.29, 0.717) is 0 Å². The molecule has 0 aliphatic carbocycles. The molecule has 0 fully saturated rings. The molecule has 18 heavy (non-hydrogen) atoms. The summed E-state index contributed by atoms with van der Waals surface area (Å²) in [7, 11) is 0. The maximum absolute atomic E-state index is 14.0. The molecule has 0 aliphatic heterocycles. The second kappa shape index (κ2) is 4.97. The van der Waals surface area contributed by atoms with Crippen molar-refractivity contribution < 1.29 is 8.78 Å². The molecule has 0 spiro atoms. The van der Waals surface area contributed by atoms with E-state index in [1.165, 1.54) is 30.5 Å². The number of benzene rings is 1. The lowest BCUT2D eigenvalue weighted by Gasteiger charge is -2.17. The van der Waals surface area contributed by atoms with Crippen molar-refractivity contribution >= 4 is 15.9 Å². The number of aromatic nitrogens is 2.